The minimum atomic E-state index is -0.438. The number of nitrogens with zero attached hydrogens (tertiary/aromatic N) is 2. The van der Waals surface area contributed by atoms with Gasteiger partial charge in [-0.1, -0.05) is 12.0 Å². The van der Waals surface area contributed by atoms with Crippen LogP contribution in [0.5, 0.6) is 0 Å². The topological polar surface area (TPSA) is 64.1 Å². The van der Waals surface area contributed by atoms with E-state index in [1.807, 2.05) is 24.3 Å². The summed E-state index contributed by atoms with van der Waals surface area (Å²) >= 11 is 5.99. The zero-order valence-corrected chi connectivity index (χ0v) is 13.5. The lowest BCUT2D eigenvalue weighted by Gasteiger charge is -2.10. The third-order valence-electron chi connectivity index (χ3n) is 3.38. The summed E-state index contributed by atoms with van der Waals surface area (Å²) in [7, 11) is 1.33. The largest absolute Gasteiger partial charge is 0.465 e. The fraction of sp³-hybridized carbons (Fsp3) is 0.0556. The zero-order chi connectivity index (χ0) is 17.1. The summed E-state index contributed by atoms with van der Waals surface area (Å²) in [6, 6.07) is 12.3. The van der Waals surface area contributed by atoms with Gasteiger partial charge in [0.1, 0.15) is 5.82 Å². The number of hydrogen-bond acceptors (Lipinski definition) is 5. The van der Waals surface area contributed by atoms with Crippen molar-refractivity contribution in [2.45, 2.75) is 0 Å². The Hall–Kier alpha value is -3.10. The Morgan fingerprint density at radius 3 is 2.83 bits per heavy atom. The average molecular weight is 338 g/mol. The van der Waals surface area contributed by atoms with E-state index in [4.69, 9.17) is 22.8 Å². The Morgan fingerprint density at radius 1 is 1.25 bits per heavy atom. The number of carbonyl (C=O) groups excluding carboxylic acids is 1. The number of methoxy groups -OCH3 is 1. The van der Waals surface area contributed by atoms with E-state index in [9.17, 15) is 4.79 Å². The molecule has 0 aliphatic rings. The quantitative estimate of drug-likeness (QED) is 0.447. The van der Waals surface area contributed by atoms with Gasteiger partial charge in [-0.15, -0.1) is 6.42 Å². The van der Waals surface area contributed by atoms with Crippen molar-refractivity contribution < 1.29 is 9.53 Å². The van der Waals surface area contributed by atoms with Gasteiger partial charge in [-0.2, -0.15) is 4.98 Å². The number of terminal acetylenes is 1. The van der Waals surface area contributed by atoms with Crippen LogP contribution in [0.15, 0.2) is 42.5 Å². The SMILES string of the molecule is C#Cc1cccc(Nc2nc(Cl)nc3ccc(C(=O)OC)cc23)c1. The summed E-state index contributed by atoms with van der Waals surface area (Å²) in [6.07, 6.45) is 5.42. The van der Waals surface area contributed by atoms with E-state index < -0.39 is 5.97 Å². The van der Waals surface area contributed by atoms with Crippen LogP contribution in [0.3, 0.4) is 0 Å². The normalized spacial score (nSPS) is 10.2. The van der Waals surface area contributed by atoms with Gasteiger partial charge in [0.2, 0.25) is 5.28 Å². The molecule has 0 aliphatic carbocycles. The Balaban J connectivity index is 2.11. The predicted octanol–water partition coefficient (Wildman–Crippen LogP) is 3.79. The molecule has 0 saturated heterocycles. The number of rotatable bonds is 3. The number of fused-ring (bicyclic) bond motifs is 1. The molecular formula is C18H12ClN3O2. The van der Waals surface area contributed by atoms with Crippen molar-refractivity contribution >= 4 is 40.0 Å². The first-order valence-corrected chi connectivity index (χ1v) is 7.38. The first kappa shape index (κ1) is 15.8. The van der Waals surface area contributed by atoms with Crippen molar-refractivity contribution in [2.75, 3.05) is 12.4 Å². The number of ether oxygens (including phenoxy) is 1. The van der Waals surface area contributed by atoms with Gasteiger partial charge < -0.3 is 10.1 Å². The third-order valence-corrected chi connectivity index (χ3v) is 3.55. The van der Waals surface area contributed by atoms with E-state index in [1.54, 1.807) is 18.2 Å². The molecule has 0 atom stereocenters. The number of nitrogens with one attached hydrogen (secondary N) is 1. The predicted molar refractivity (Wildman–Crippen MR) is 93.5 cm³/mol. The van der Waals surface area contributed by atoms with Gasteiger partial charge in [0.15, 0.2) is 0 Å². The Morgan fingerprint density at radius 2 is 2.08 bits per heavy atom. The molecule has 0 saturated carbocycles. The van der Waals surface area contributed by atoms with Gasteiger partial charge in [0, 0.05) is 16.6 Å². The van der Waals surface area contributed by atoms with Crippen LogP contribution in [-0.2, 0) is 4.74 Å². The number of aromatic nitrogens is 2. The maximum Gasteiger partial charge on any atom is 0.337 e. The van der Waals surface area contributed by atoms with E-state index in [2.05, 4.69) is 21.2 Å². The second kappa shape index (κ2) is 6.57. The molecule has 5 nitrogen and oxygen atoms in total. The number of benzene rings is 2. The molecule has 3 rings (SSSR count). The monoisotopic (exact) mass is 337 g/mol. The molecule has 1 heterocycles. The summed E-state index contributed by atoms with van der Waals surface area (Å²) in [5.74, 6) is 2.61. The highest BCUT2D eigenvalue weighted by molar-refractivity contribution is 6.28. The fourth-order valence-electron chi connectivity index (χ4n) is 2.26. The number of hydrogen-bond donors (Lipinski definition) is 1. The van der Waals surface area contributed by atoms with E-state index in [-0.39, 0.29) is 5.28 Å². The summed E-state index contributed by atoms with van der Waals surface area (Å²) in [5.41, 5.74) is 2.50. The zero-order valence-electron chi connectivity index (χ0n) is 12.7. The maximum atomic E-state index is 11.7. The molecular weight excluding hydrogens is 326 g/mol. The molecule has 0 unspecified atom stereocenters. The second-order valence-electron chi connectivity index (χ2n) is 4.91. The summed E-state index contributed by atoms with van der Waals surface area (Å²) in [6.45, 7) is 0. The standard InChI is InChI=1S/C18H12ClN3O2/c1-3-11-5-4-6-13(9-11)20-16-14-10-12(17(23)24-2)7-8-15(14)21-18(19)22-16/h1,4-10H,2H3,(H,20,21,22). The van der Waals surface area contributed by atoms with Gasteiger partial charge in [0.05, 0.1) is 18.2 Å². The van der Waals surface area contributed by atoms with Crippen LogP contribution >= 0.6 is 11.6 Å². The Bertz CT molecular complexity index is 980. The smallest absolute Gasteiger partial charge is 0.337 e. The van der Waals surface area contributed by atoms with E-state index in [1.165, 1.54) is 7.11 Å². The lowest BCUT2D eigenvalue weighted by Crippen LogP contribution is -2.03. The number of anilines is 2. The summed E-state index contributed by atoms with van der Waals surface area (Å²) in [4.78, 5) is 20.1. The highest BCUT2D eigenvalue weighted by Gasteiger charge is 2.12. The molecule has 0 radical (unpaired) electrons. The van der Waals surface area contributed by atoms with Gasteiger partial charge in [-0.3, -0.25) is 0 Å². The third kappa shape index (κ3) is 3.14. The van der Waals surface area contributed by atoms with E-state index in [0.717, 1.165) is 11.3 Å². The molecule has 6 heteroatoms. The van der Waals surface area contributed by atoms with Crippen LogP contribution in [0, 0.1) is 12.3 Å². The highest BCUT2D eigenvalue weighted by atomic mass is 35.5. The first-order chi connectivity index (χ1) is 11.6. The van der Waals surface area contributed by atoms with Gasteiger partial charge in [-0.25, -0.2) is 9.78 Å². The lowest BCUT2D eigenvalue weighted by molar-refractivity contribution is 0.0601. The van der Waals surface area contributed by atoms with Crippen LogP contribution in [0.25, 0.3) is 10.9 Å². The molecule has 0 amide bonds. The molecule has 1 aromatic heterocycles. The van der Waals surface area contributed by atoms with Crippen molar-refractivity contribution in [3.05, 3.63) is 58.9 Å². The molecule has 3 aromatic rings. The minimum absolute atomic E-state index is 0.101. The summed E-state index contributed by atoms with van der Waals surface area (Å²) in [5, 5.41) is 3.91. The van der Waals surface area contributed by atoms with Crippen LogP contribution in [0.1, 0.15) is 15.9 Å². The number of carbonyl (C=O) groups is 1. The molecule has 24 heavy (non-hydrogen) atoms. The highest BCUT2D eigenvalue weighted by Crippen LogP contribution is 2.26. The van der Waals surface area contributed by atoms with Crippen molar-refractivity contribution in [2.24, 2.45) is 0 Å². The number of esters is 1. The lowest BCUT2D eigenvalue weighted by atomic mass is 10.1. The van der Waals surface area contributed by atoms with Gasteiger partial charge in [0.25, 0.3) is 0 Å². The van der Waals surface area contributed by atoms with Crippen LogP contribution < -0.4 is 5.32 Å². The molecule has 0 fully saturated rings. The van der Waals surface area contributed by atoms with Gasteiger partial charge in [-0.05, 0) is 48.0 Å². The molecule has 118 valence electrons. The van der Waals surface area contributed by atoms with Crippen molar-refractivity contribution in [1.82, 2.24) is 9.97 Å². The number of halogens is 1. The molecule has 0 spiro atoms. The van der Waals surface area contributed by atoms with Crippen LogP contribution in [0.4, 0.5) is 11.5 Å². The van der Waals surface area contributed by atoms with Crippen molar-refractivity contribution in [3.8, 4) is 12.3 Å². The first-order valence-electron chi connectivity index (χ1n) is 7.00. The summed E-state index contributed by atoms with van der Waals surface area (Å²) < 4.78 is 4.75. The van der Waals surface area contributed by atoms with E-state index in [0.29, 0.717) is 22.3 Å². The van der Waals surface area contributed by atoms with Crippen molar-refractivity contribution in [3.63, 3.8) is 0 Å². The second-order valence-corrected chi connectivity index (χ2v) is 5.25. The molecule has 0 bridgehead atoms. The molecule has 2 aromatic carbocycles. The van der Waals surface area contributed by atoms with Crippen LogP contribution in [0.2, 0.25) is 5.28 Å². The molecule has 1 N–H and O–H groups in total. The minimum Gasteiger partial charge on any atom is -0.465 e. The fourth-order valence-corrected chi connectivity index (χ4v) is 2.44. The van der Waals surface area contributed by atoms with Gasteiger partial charge >= 0.3 is 5.97 Å². The van der Waals surface area contributed by atoms with Crippen LogP contribution in [-0.4, -0.2) is 23.0 Å². The van der Waals surface area contributed by atoms with Crippen molar-refractivity contribution in [1.29, 1.82) is 0 Å². The Kier molecular flexibility index (Phi) is 4.32. The average Bonchev–Trinajstić information content (AvgIpc) is 2.60. The maximum absolute atomic E-state index is 11.7. The molecule has 0 aliphatic heterocycles. The van der Waals surface area contributed by atoms with E-state index >= 15 is 0 Å². The Labute approximate surface area is 143 Å².